The van der Waals surface area contributed by atoms with Crippen LogP contribution in [0.15, 0.2) is 65.7 Å². The number of aromatic nitrogens is 3. The van der Waals surface area contributed by atoms with Gasteiger partial charge in [-0.25, -0.2) is 4.99 Å². The minimum absolute atomic E-state index is 0.350. The van der Waals surface area contributed by atoms with Gasteiger partial charge in [-0.05, 0) is 30.9 Å². The standard InChI is InChI=1S/C24H30N6/c1-2-25-24(27-18-23-29-28-22-14-9-17-30(22)23)26-16-15-21(19-10-5-3-6-11-19)20-12-7-4-8-13-20/h3-8,10-13,21H,2,9,14-18H2,1H3,(H2,25,26,27). The van der Waals surface area contributed by atoms with Gasteiger partial charge in [0.15, 0.2) is 11.8 Å². The SMILES string of the molecule is CCNC(=NCc1nnc2n1CCC2)NCCC(c1ccccc1)c1ccccc1. The normalized spacial score (nSPS) is 13.5. The number of fused-ring (bicyclic) bond motifs is 1. The molecule has 2 N–H and O–H groups in total. The zero-order valence-corrected chi connectivity index (χ0v) is 17.6. The van der Waals surface area contributed by atoms with Gasteiger partial charge in [-0.2, -0.15) is 0 Å². The van der Waals surface area contributed by atoms with Gasteiger partial charge in [-0.15, -0.1) is 10.2 Å². The highest BCUT2D eigenvalue weighted by atomic mass is 15.3. The lowest BCUT2D eigenvalue weighted by Gasteiger charge is -2.19. The lowest BCUT2D eigenvalue weighted by Crippen LogP contribution is -2.38. The van der Waals surface area contributed by atoms with Crippen LogP contribution in [0.4, 0.5) is 0 Å². The van der Waals surface area contributed by atoms with E-state index in [1.165, 1.54) is 11.1 Å². The number of guanidine groups is 1. The second kappa shape index (κ2) is 10.1. The van der Waals surface area contributed by atoms with Crippen LogP contribution in [0.25, 0.3) is 0 Å². The Hall–Kier alpha value is -3.15. The molecule has 0 spiro atoms. The Morgan fingerprint density at radius 2 is 1.70 bits per heavy atom. The molecule has 4 rings (SSSR count). The van der Waals surface area contributed by atoms with E-state index >= 15 is 0 Å². The predicted molar refractivity (Wildman–Crippen MR) is 121 cm³/mol. The summed E-state index contributed by atoms with van der Waals surface area (Å²) in [6, 6.07) is 21.4. The zero-order valence-electron chi connectivity index (χ0n) is 17.6. The molecule has 0 saturated carbocycles. The van der Waals surface area contributed by atoms with E-state index in [-0.39, 0.29) is 0 Å². The second-order valence-electron chi connectivity index (χ2n) is 7.57. The number of aryl methyl sites for hydroxylation is 1. The van der Waals surface area contributed by atoms with E-state index in [1.54, 1.807) is 0 Å². The van der Waals surface area contributed by atoms with E-state index in [0.29, 0.717) is 12.5 Å². The van der Waals surface area contributed by atoms with Crippen molar-refractivity contribution in [2.75, 3.05) is 13.1 Å². The number of rotatable bonds is 8. The van der Waals surface area contributed by atoms with Crippen LogP contribution in [-0.2, 0) is 19.5 Å². The highest BCUT2D eigenvalue weighted by molar-refractivity contribution is 5.79. The molecule has 1 aliphatic heterocycles. The molecule has 0 atom stereocenters. The fourth-order valence-corrected chi connectivity index (χ4v) is 4.05. The van der Waals surface area contributed by atoms with Crippen LogP contribution in [0.1, 0.15) is 48.5 Å². The van der Waals surface area contributed by atoms with E-state index in [0.717, 1.165) is 56.5 Å². The summed E-state index contributed by atoms with van der Waals surface area (Å²) >= 11 is 0. The van der Waals surface area contributed by atoms with E-state index in [2.05, 4.69) is 93.0 Å². The molecule has 1 aromatic heterocycles. The molecular formula is C24H30N6. The van der Waals surface area contributed by atoms with Crippen molar-refractivity contribution in [3.05, 3.63) is 83.4 Å². The first-order valence-corrected chi connectivity index (χ1v) is 10.9. The van der Waals surface area contributed by atoms with Gasteiger partial charge in [0.05, 0.1) is 0 Å². The fourth-order valence-electron chi connectivity index (χ4n) is 4.05. The van der Waals surface area contributed by atoms with Crippen molar-refractivity contribution in [2.24, 2.45) is 4.99 Å². The van der Waals surface area contributed by atoms with Crippen molar-refractivity contribution in [1.82, 2.24) is 25.4 Å². The van der Waals surface area contributed by atoms with Crippen LogP contribution >= 0.6 is 0 Å². The summed E-state index contributed by atoms with van der Waals surface area (Å²) in [5.74, 6) is 3.22. The molecule has 30 heavy (non-hydrogen) atoms. The van der Waals surface area contributed by atoms with Gasteiger partial charge in [0.25, 0.3) is 0 Å². The Kier molecular flexibility index (Phi) is 6.75. The Bertz CT molecular complexity index is 909. The summed E-state index contributed by atoms with van der Waals surface area (Å²) in [6.45, 7) is 5.29. The number of nitrogens with one attached hydrogen (secondary N) is 2. The first kappa shape index (κ1) is 20.1. The number of hydrogen-bond acceptors (Lipinski definition) is 3. The maximum absolute atomic E-state index is 4.75. The van der Waals surface area contributed by atoms with E-state index < -0.39 is 0 Å². The van der Waals surface area contributed by atoms with Gasteiger partial charge >= 0.3 is 0 Å². The topological polar surface area (TPSA) is 67.1 Å². The molecule has 2 heterocycles. The Morgan fingerprint density at radius 1 is 1.00 bits per heavy atom. The van der Waals surface area contributed by atoms with Crippen LogP contribution in [0.3, 0.4) is 0 Å². The van der Waals surface area contributed by atoms with Crippen LogP contribution in [0.5, 0.6) is 0 Å². The molecule has 0 amide bonds. The van der Waals surface area contributed by atoms with Crippen LogP contribution in [0, 0.1) is 0 Å². The summed E-state index contributed by atoms with van der Waals surface area (Å²) in [6.07, 6.45) is 3.16. The molecule has 1 aliphatic rings. The summed E-state index contributed by atoms with van der Waals surface area (Å²) in [5.41, 5.74) is 2.68. The Balaban J connectivity index is 1.41. The summed E-state index contributed by atoms with van der Waals surface area (Å²) in [5, 5.41) is 15.4. The third-order valence-corrected chi connectivity index (χ3v) is 5.54. The molecule has 3 aromatic rings. The lowest BCUT2D eigenvalue weighted by atomic mass is 9.88. The second-order valence-corrected chi connectivity index (χ2v) is 7.57. The summed E-state index contributed by atoms with van der Waals surface area (Å²) < 4.78 is 2.20. The maximum Gasteiger partial charge on any atom is 0.191 e. The molecule has 0 radical (unpaired) electrons. The number of aliphatic imine (C=N–C) groups is 1. The molecule has 0 aliphatic carbocycles. The summed E-state index contributed by atoms with van der Waals surface area (Å²) in [7, 11) is 0. The van der Waals surface area contributed by atoms with Crippen molar-refractivity contribution in [3.8, 4) is 0 Å². The van der Waals surface area contributed by atoms with Gasteiger partial charge in [0, 0.05) is 32.0 Å². The van der Waals surface area contributed by atoms with Crippen molar-refractivity contribution >= 4 is 5.96 Å². The van der Waals surface area contributed by atoms with E-state index in [4.69, 9.17) is 4.99 Å². The van der Waals surface area contributed by atoms with E-state index in [1.807, 2.05) is 0 Å². The molecule has 156 valence electrons. The van der Waals surface area contributed by atoms with Gasteiger partial charge in [0.1, 0.15) is 12.4 Å². The zero-order chi connectivity index (χ0) is 20.6. The van der Waals surface area contributed by atoms with Gasteiger partial charge in [-0.3, -0.25) is 0 Å². The minimum Gasteiger partial charge on any atom is -0.357 e. The predicted octanol–water partition coefficient (Wildman–Crippen LogP) is 3.50. The molecule has 0 fully saturated rings. The molecule has 6 nitrogen and oxygen atoms in total. The van der Waals surface area contributed by atoms with Crippen molar-refractivity contribution < 1.29 is 0 Å². The lowest BCUT2D eigenvalue weighted by molar-refractivity contribution is 0.669. The third-order valence-electron chi connectivity index (χ3n) is 5.54. The molecule has 0 unspecified atom stereocenters. The van der Waals surface area contributed by atoms with Crippen LogP contribution in [-0.4, -0.2) is 33.8 Å². The highest BCUT2D eigenvalue weighted by Crippen LogP contribution is 2.27. The Labute approximate surface area is 178 Å². The van der Waals surface area contributed by atoms with Crippen LogP contribution in [0.2, 0.25) is 0 Å². The minimum atomic E-state index is 0.350. The first-order chi connectivity index (χ1) is 14.8. The van der Waals surface area contributed by atoms with Crippen molar-refractivity contribution in [2.45, 2.75) is 45.2 Å². The highest BCUT2D eigenvalue weighted by Gasteiger charge is 2.17. The van der Waals surface area contributed by atoms with Gasteiger partial charge in [0.2, 0.25) is 0 Å². The van der Waals surface area contributed by atoms with Gasteiger partial charge in [-0.1, -0.05) is 60.7 Å². The first-order valence-electron chi connectivity index (χ1n) is 10.9. The van der Waals surface area contributed by atoms with Gasteiger partial charge < -0.3 is 15.2 Å². The van der Waals surface area contributed by atoms with E-state index in [9.17, 15) is 0 Å². The molecule has 0 bridgehead atoms. The fraction of sp³-hybridized carbons (Fsp3) is 0.375. The summed E-state index contributed by atoms with van der Waals surface area (Å²) in [4.78, 5) is 4.75. The Morgan fingerprint density at radius 3 is 2.37 bits per heavy atom. The number of hydrogen-bond donors (Lipinski definition) is 2. The average molecular weight is 403 g/mol. The average Bonchev–Trinajstić information content (AvgIpc) is 3.41. The smallest absolute Gasteiger partial charge is 0.191 e. The molecule has 6 heteroatoms. The molecule has 0 saturated heterocycles. The molecular weight excluding hydrogens is 372 g/mol. The van der Waals surface area contributed by atoms with Crippen LogP contribution < -0.4 is 10.6 Å². The maximum atomic E-state index is 4.75. The monoisotopic (exact) mass is 402 g/mol. The third kappa shape index (κ3) is 4.87. The van der Waals surface area contributed by atoms with Crippen molar-refractivity contribution in [3.63, 3.8) is 0 Å². The number of nitrogens with zero attached hydrogens (tertiary/aromatic N) is 4. The number of benzene rings is 2. The largest absolute Gasteiger partial charge is 0.357 e. The molecule has 2 aromatic carbocycles. The quantitative estimate of drug-likeness (QED) is 0.447. The van der Waals surface area contributed by atoms with Crippen molar-refractivity contribution in [1.29, 1.82) is 0 Å².